The Morgan fingerprint density at radius 1 is 1.00 bits per heavy atom. The highest BCUT2D eigenvalue weighted by Crippen LogP contribution is 2.32. The van der Waals surface area contributed by atoms with Crippen LogP contribution in [-0.2, 0) is 14.8 Å². The summed E-state index contributed by atoms with van der Waals surface area (Å²) < 4.78 is 44.1. The van der Waals surface area contributed by atoms with E-state index in [2.05, 4.69) is 9.62 Å². The molecule has 1 saturated heterocycles. The number of ether oxygens (including phenoxy) is 3. The van der Waals surface area contributed by atoms with E-state index in [-0.39, 0.29) is 4.90 Å². The summed E-state index contributed by atoms with van der Waals surface area (Å²) in [6.07, 6.45) is 0. The molecule has 0 radical (unpaired) electrons. The second-order valence-electron chi connectivity index (χ2n) is 5.74. The average Bonchev–Trinajstić information content (AvgIpc) is 2.68. The van der Waals surface area contributed by atoms with Gasteiger partial charge in [-0.25, -0.2) is 8.42 Å². The number of benzene rings is 2. The maximum absolute atomic E-state index is 12.9. The number of hydrogen-bond acceptors (Lipinski definition) is 6. The van der Waals surface area contributed by atoms with Gasteiger partial charge in [0.2, 0.25) is 0 Å². The van der Waals surface area contributed by atoms with E-state index in [0.717, 1.165) is 18.8 Å². The molecule has 8 heteroatoms. The minimum Gasteiger partial charge on any atom is -0.493 e. The van der Waals surface area contributed by atoms with Crippen molar-refractivity contribution in [1.82, 2.24) is 0 Å². The van der Waals surface area contributed by atoms with Crippen molar-refractivity contribution in [3.8, 4) is 11.5 Å². The molecule has 0 aromatic heterocycles. The van der Waals surface area contributed by atoms with E-state index in [1.54, 1.807) is 18.2 Å². The molecule has 1 fully saturated rings. The molecule has 140 valence electrons. The standard InChI is InChI=1S/C18H22N2O5S/c1-23-17-8-7-14(13-18(17)24-2)26(21,22)19-15-5-3-4-6-16(15)20-9-11-25-12-10-20/h3-8,13,19H,9-12H2,1-2H3. The summed E-state index contributed by atoms with van der Waals surface area (Å²) in [6, 6.07) is 11.8. The number of anilines is 2. The van der Waals surface area contributed by atoms with Gasteiger partial charge >= 0.3 is 0 Å². The van der Waals surface area contributed by atoms with Crippen LogP contribution in [0, 0.1) is 0 Å². The molecule has 0 spiro atoms. The number of nitrogens with zero attached hydrogens (tertiary/aromatic N) is 1. The highest BCUT2D eigenvalue weighted by molar-refractivity contribution is 7.92. The van der Waals surface area contributed by atoms with Gasteiger partial charge in [-0.2, -0.15) is 0 Å². The van der Waals surface area contributed by atoms with Crippen molar-refractivity contribution in [1.29, 1.82) is 0 Å². The molecule has 26 heavy (non-hydrogen) atoms. The van der Waals surface area contributed by atoms with Crippen LogP contribution >= 0.6 is 0 Å². The van der Waals surface area contributed by atoms with Gasteiger partial charge in [-0.05, 0) is 24.3 Å². The van der Waals surface area contributed by atoms with Crippen molar-refractivity contribution in [2.24, 2.45) is 0 Å². The van der Waals surface area contributed by atoms with Crippen LogP contribution in [0.4, 0.5) is 11.4 Å². The quantitative estimate of drug-likeness (QED) is 0.831. The van der Waals surface area contributed by atoms with Crippen molar-refractivity contribution >= 4 is 21.4 Å². The summed E-state index contributed by atoms with van der Waals surface area (Å²) in [6.45, 7) is 2.68. The lowest BCUT2D eigenvalue weighted by Crippen LogP contribution is -2.36. The minimum atomic E-state index is -3.78. The largest absolute Gasteiger partial charge is 0.493 e. The number of morpholine rings is 1. The molecular weight excluding hydrogens is 356 g/mol. The molecule has 7 nitrogen and oxygen atoms in total. The van der Waals surface area contributed by atoms with Gasteiger partial charge in [0, 0.05) is 19.2 Å². The van der Waals surface area contributed by atoms with Gasteiger partial charge in [0.25, 0.3) is 10.0 Å². The number of nitrogens with one attached hydrogen (secondary N) is 1. The molecule has 0 saturated carbocycles. The lowest BCUT2D eigenvalue weighted by Gasteiger charge is -2.30. The first-order valence-corrected chi connectivity index (χ1v) is 9.70. The predicted octanol–water partition coefficient (Wildman–Crippen LogP) is 2.34. The fraction of sp³-hybridized carbons (Fsp3) is 0.333. The predicted molar refractivity (Wildman–Crippen MR) is 99.8 cm³/mol. The minimum absolute atomic E-state index is 0.104. The number of sulfonamides is 1. The molecule has 1 heterocycles. The summed E-state index contributed by atoms with van der Waals surface area (Å²) >= 11 is 0. The number of hydrogen-bond donors (Lipinski definition) is 1. The molecular formula is C18H22N2O5S. The third-order valence-electron chi connectivity index (χ3n) is 4.17. The molecule has 0 aliphatic carbocycles. The maximum atomic E-state index is 12.9. The summed E-state index contributed by atoms with van der Waals surface area (Å²) in [7, 11) is -0.805. The molecule has 0 atom stereocenters. The Balaban J connectivity index is 1.91. The molecule has 2 aromatic carbocycles. The second kappa shape index (κ2) is 7.84. The fourth-order valence-electron chi connectivity index (χ4n) is 2.83. The Labute approximate surface area is 153 Å². The van der Waals surface area contributed by atoms with E-state index >= 15 is 0 Å². The molecule has 0 bridgehead atoms. The van der Waals surface area contributed by atoms with Gasteiger partial charge in [0.05, 0.1) is 43.7 Å². The topological polar surface area (TPSA) is 77.1 Å². The van der Waals surface area contributed by atoms with E-state index < -0.39 is 10.0 Å². The maximum Gasteiger partial charge on any atom is 0.262 e. The number of methoxy groups -OCH3 is 2. The van der Waals surface area contributed by atoms with Crippen molar-refractivity contribution in [2.45, 2.75) is 4.90 Å². The van der Waals surface area contributed by atoms with Crippen LogP contribution in [0.25, 0.3) is 0 Å². The first-order valence-electron chi connectivity index (χ1n) is 8.22. The number of para-hydroxylation sites is 2. The van der Waals surface area contributed by atoms with E-state index in [9.17, 15) is 8.42 Å². The first-order chi connectivity index (χ1) is 12.5. The van der Waals surface area contributed by atoms with E-state index in [4.69, 9.17) is 14.2 Å². The van der Waals surface area contributed by atoms with Gasteiger partial charge in [-0.3, -0.25) is 4.72 Å². The second-order valence-corrected chi connectivity index (χ2v) is 7.42. The average molecular weight is 378 g/mol. The third kappa shape index (κ3) is 3.86. The van der Waals surface area contributed by atoms with Crippen LogP contribution in [0.3, 0.4) is 0 Å². The van der Waals surface area contributed by atoms with Gasteiger partial charge in [0.15, 0.2) is 11.5 Å². The van der Waals surface area contributed by atoms with Crippen LogP contribution in [0.1, 0.15) is 0 Å². The van der Waals surface area contributed by atoms with Crippen LogP contribution < -0.4 is 19.1 Å². The highest BCUT2D eigenvalue weighted by Gasteiger charge is 2.21. The Hall–Kier alpha value is -2.45. The van der Waals surface area contributed by atoms with Gasteiger partial charge in [-0.15, -0.1) is 0 Å². The van der Waals surface area contributed by atoms with Crippen LogP contribution in [-0.4, -0.2) is 48.9 Å². The highest BCUT2D eigenvalue weighted by atomic mass is 32.2. The van der Waals surface area contributed by atoms with Gasteiger partial charge < -0.3 is 19.1 Å². The smallest absolute Gasteiger partial charge is 0.262 e. The number of rotatable bonds is 6. The van der Waals surface area contributed by atoms with Crippen molar-refractivity contribution in [3.05, 3.63) is 42.5 Å². The lowest BCUT2D eigenvalue weighted by atomic mass is 10.2. The van der Waals surface area contributed by atoms with E-state index in [0.29, 0.717) is 30.4 Å². The molecule has 0 unspecified atom stereocenters. The first kappa shape index (κ1) is 18.3. The molecule has 0 amide bonds. The van der Waals surface area contributed by atoms with Crippen molar-refractivity contribution in [3.63, 3.8) is 0 Å². The van der Waals surface area contributed by atoms with E-state index in [1.807, 2.05) is 12.1 Å². The van der Waals surface area contributed by atoms with Gasteiger partial charge in [0.1, 0.15) is 0 Å². The Kier molecular flexibility index (Phi) is 5.53. The third-order valence-corrected chi connectivity index (χ3v) is 5.53. The lowest BCUT2D eigenvalue weighted by molar-refractivity contribution is 0.123. The zero-order valence-corrected chi connectivity index (χ0v) is 15.6. The zero-order chi connectivity index (χ0) is 18.6. The molecule has 1 N–H and O–H groups in total. The van der Waals surface area contributed by atoms with Crippen molar-refractivity contribution < 1.29 is 22.6 Å². The van der Waals surface area contributed by atoms with Crippen LogP contribution in [0.2, 0.25) is 0 Å². The van der Waals surface area contributed by atoms with Crippen molar-refractivity contribution in [2.75, 3.05) is 50.1 Å². The summed E-state index contributed by atoms with van der Waals surface area (Å²) in [5.74, 6) is 0.831. The monoisotopic (exact) mass is 378 g/mol. The van der Waals surface area contributed by atoms with Crippen LogP contribution in [0.15, 0.2) is 47.4 Å². The summed E-state index contributed by atoms with van der Waals surface area (Å²) in [5, 5.41) is 0. The SMILES string of the molecule is COc1ccc(S(=O)(=O)Nc2ccccc2N2CCOCC2)cc1OC. The Morgan fingerprint density at radius 2 is 1.69 bits per heavy atom. The molecule has 3 rings (SSSR count). The summed E-state index contributed by atoms with van der Waals surface area (Å²) in [5.41, 5.74) is 1.36. The van der Waals surface area contributed by atoms with Crippen LogP contribution in [0.5, 0.6) is 11.5 Å². The fourth-order valence-corrected chi connectivity index (χ4v) is 3.92. The van der Waals surface area contributed by atoms with Gasteiger partial charge in [-0.1, -0.05) is 12.1 Å². The Morgan fingerprint density at radius 3 is 2.38 bits per heavy atom. The Bertz CT molecular complexity index is 864. The molecule has 1 aliphatic heterocycles. The normalized spacial score (nSPS) is 14.8. The molecule has 2 aromatic rings. The molecule has 1 aliphatic rings. The zero-order valence-electron chi connectivity index (χ0n) is 14.8. The van der Waals surface area contributed by atoms with E-state index in [1.165, 1.54) is 26.4 Å². The summed E-state index contributed by atoms with van der Waals surface area (Å²) in [4.78, 5) is 2.21.